The van der Waals surface area contributed by atoms with Crippen molar-refractivity contribution in [1.82, 2.24) is 4.90 Å². The molecule has 1 aliphatic heterocycles. The quantitative estimate of drug-likeness (QED) is 0.599. The smallest absolute Gasteiger partial charge is 0.329 e. The lowest BCUT2D eigenvalue weighted by Crippen LogP contribution is -2.45. The fourth-order valence-electron chi connectivity index (χ4n) is 3.84. The van der Waals surface area contributed by atoms with Gasteiger partial charge in [-0.2, -0.15) is 0 Å². The molecule has 1 aliphatic carbocycles. The highest BCUT2D eigenvalue weighted by Crippen LogP contribution is 2.38. The largest absolute Gasteiger partial charge is 0.454 e. The van der Waals surface area contributed by atoms with Crippen molar-refractivity contribution < 1.29 is 23.9 Å². The summed E-state index contributed by atoms with van der Waals surface area (Å²) >= 11 is 6.06. The predicted molar refractivity (Wildman–Crippen MR) is 103 cm³/mol. The molecule has 0 unspecified atom stereocenters. The fourth-order valence-corrected chi connectivity index (χ4v) is 4.12. The van der Waals surface area contributed by atoms with Gasteiger partial charge in [-0.15, -0.1) is 0 Å². The highest BCUT2D eigenvalue weighted by molar-refractivity contribution is 6.33. The number of nitrogens with zero attached hydrogens (tertiary/aromatic N) is 1. The van der Waals surface area contributed by atoms with E-state index in [-0.39, 0.29) is 23.7 Å². The van der Waals surface area contributed by atoms with Crippen LogP contribution in [0.3, 0.4) is 0 Å². The molecule has 0 radical (unpaired) electrons. The van der Waals surface area contributed by atoms with Crippen LogP contribution in [0.15, 0.2) is 18.2 Å². The van der Waals surface area contributed by atoms with Crippen molar-refractivity contribution in [3.8, 4) is 0 Å². The van der Waals surface area contributed by atoms with Gasteiger partial charge in [0.2, 0.25) is 11.8 Å². The second kappa shape index (κ2) is 8.31. The molecule has 0 spiro atoms. The van der Waals surface area contributed by atoms with E-state index in [1.165, 1.54) is 6.92 Å². The number of hydrogen-bond donors (Lipinski definition) is 1. The molecule has 0 bridgehead atoms. The van der Waals surface area contributed by atoms with Crippen LogP contribution in [0, 0.1) is 18.8 Å². The van der Waals surface area contributed by atoms with Crippen molar-refractivity contribution in [2.45, 2.75) is 45.6 Å². The Morgan fingerprint density at radius 1 is 1.21 bits per heavy atom. The second-order valence-corrected chi connectivity index (χ2v) is 7.77. The van der Waals surface area contributed by atoms with Crippen molar-refractivity contribution in [1.29, 1.82) is 0 Å². The van der Waals surface area contributed by atoms with Gasteiger partial charge in [0, 0.05) is 0 Å². The van der Waals surface area contributed by atoms with E-state index in [9.17, 15) is 19.2 Å². The summed E-state index contributed by atoms with van der Waals surface area (Å²) in [5.74, 6) is -2.62. The van der Waals surface area contributed by atoms with E-state index in [1.807, 2.05) is 6.92 Å². The highest BCUT2D eigenvalue weighted by atomic mass is 35.5. The Balaban J connectivity index is 1.56. The van der Waals surface area contributed by atoms with Gasteiger partial charge < -0.3 is 10.1 Å². The summed E-state index contributed by atoms with van der Waals surface area (Å²) in [5, 5.41) is 2.94. The average molecular weight is 407 g/mol. The number of imide groups is 1. The number of hydrogen-bond acceptors (Lipinski definition) is 5. The van der Waals surface area contributed by atoms with Gasteiger partial charge in [0.25, 0.3) is 5.91 Å². The molecule has 3 amide bonds. The van der Waals surface area contributed by atoms with Gasteiger partial charge in [0.15, 0.2) is 6.61 Å². The van der Waals surface area contributed by atoms with Crippen LogP contribution in [-0.2, 0) is 23.9 Å². The maximum atomic E-state index is 12.5. The molecule has 1 saturated carbocycles. The normalized spacial score (nSPS) is 22.6. The van der Waals surface area contributed by atoms with Crippen molar-refractivity contribution in [3.63, 3.8) is 0 Å². The summed E-state index contributed by atoms with van der Waals surface area (Å²) in [6.07, 6.45) is 3.17. The van der Waals surface area contributed by atoms with Crippen molar-refractivity contribution in [2.24, 2.45) is 11.8 Å². The van der Waals surface area contributed by atoms with E-state index in [0.29, 0.717) is 23.6 Å². The first-order valence-corrected chi connectivity index (χ1v) is 9.77. The minimum Gasteiger partial charge on any atom is -0.454 e. The van der Waals surface area contributed by atoms with Gasteiger partial charge in [-0.25, -0.2) is 4.79 Å². The number of fused-ring (bicyclic) bond motifs is 1. The standard InChI is InChI=1S/C20H23ClN2O5/c1-11-7-8-16(15(21)9-11)22-17(24)10-28-20(27)12(2)23-18(25)13-5-3-4-6-14(13)19(23)26/h7-9,12-14H,3-6,10H2,1-2H3,(H,22,24)/t12-,13-,14+/m0/s1. The third-order valence-corrected chi connectivity index (χ3v) is 5.66. The Hall–Kier alpha value is -2.41. The first kappa shape index (κ1) is 20.3. The number of anilines is 1. The maximum absolute atomic E-state index is 12.5. The van der Waals surface area contributed by atoms with Crippen LogP contribution < -0.4 is 5.32 Å². The summed E-state index contributed by atoms with van der Waals surface area (Å²) in [6.45, 7) is 2.79. The summed E-state index contributed by atoms with van der Waals surface area (Å²) in [4.78, 5) is 50.5. The Morgan fingerprint density at radius 2 is 1.82 bits per heavy atom. The Labute approximate surface area is 168 Å². The summed E-state index contributed by atoms with van der Waals surface area (Å²) in [7, 11) is 0. The number of carbonyl (C=O) groups excluding carboxylic acids is 4. The zero-order valence-corrected chi connectivity index (χ0v) is 16.6. The number of ether oxygens (including phenoxy) is 1. The van der Waals surface area contributed by atoms with Gasteiger partial charge in [-0.05, 0) is 44.4 Å². The molecule has 150 valence electrons. The molecule has 1 aromatic rings. The molecule has 7 nitrogen and oxygen atoms in total. The van der Waals surface area contributed by atoms with Crippen LogP contribution in [0.1, 0.15) is 38.2 Å². The summed E-state index contributed by atoms with van der Waals surface area (Å²) in [5.41, 5.74) is 1.36. The van der Waals surface area contributed by atoms with E-state index < -0.39 is 24.5 Å². The summed E-state index contributed by atoms with van der Waals surface area (Å²) < 4.78 is 5.02. The zero-order chi connectivity index (χ0) is 20.4. The first-order valence-electron chi connectivity index (χ1n) is 9.39. The molecular weight excluding hydrogens is 384 g/mol. The molecule has 1 aromatic carbocycles. The molecule has 1 heterocycles. The number of benzene rings is 1. The molecule has 3 rings (SSSR count). The number of nitrogens with one attached hydrogen (secondary N) is 1. The van der Waals surface area contributed by atoms with Gasteiger partial charge >= 0.3 is 5.97 Å². The van der Waals surface area contributed by atoms with Crippen molar-refractivity contribution in [2.75, 3.05) is 11.9 Å². The van der Waals surface area contributed by atoms with Crippen LogP contribution >= 0.6 is 11.6 Å². The molecule has 8 heteroatoms. The van der Waals surface area contributed by atoms with E-state index in [1.54, 1.807) is 18.2 Å². The van der Waals surface area contributed by atoms with Gasteiger partial charge in [0.05, 0.1) is 22.5 Å². The van der Waals surface area contributed by atoms with Gasteiger partial charge in [-0.3, -0.25) is 19.3 Å². The Morgan fingerprint density at radius 3 is 2.39 bits per heavy atom. The topological polar surface area (TPSA) is 92.8 Å². The molecule has 28 heavy (non-hydrogen) atoms. The Bertz CT molecular complexity index is 801. The van der Waals surface area contributed by atoms with E-state index in [2.05, 4.69) is 5.32 Å². The number of rotatable bonds is 5. The first-order chi connectivity index (χ1) is 13.3. The molecule has 1 N–H and O–H groups in total. The lowest BCUT2D eigenvalue weighted by Gasteiger charge is -2.21. The van der Waals surface area contributed by atoms with Crippen LogP contribution in [0.4, 0.5) is 5.69 Å². The number of esters is 1. The number of likely N-dealkylation sites (tertiary alicyclic amines) is 1. The third-order valence-electron chi connectivity index (χ3n) is 5.35. The van der Waals surface area contributed by atoms with Gasteiger partial charge in [0.1, 0.15) is 6.04 Å². The minimum absolute atomic E-state index is 0.310. The molecular formula is C20H23ClN2O5. The second-order valence-electron chi connectivity index (χ2n) is 7.36. The average Bonchev–Trinajstić information content (AvgIpc) is 2.92. The lowest BCUT2D eigenvalue weighted by molar-refractivity contribution is -0.159. The van der Waals surface area contributed by atoms with Crippen LogP contribution in [0.2, 0.25) is 5.02 Å². The zero-order valence-electron chi connectivity index (χ0n) is 15.9. The lowest BCUT2D eigenvalue weighted by atomic mass is 9.81. The molecule has 0 aromatic heterocycles. The van der Waals surface area contributed by atoms with Crippen molar-refractivity contribution in [3.05, 3.63) is 28.8 Å². The number of halogens is 1. The number of aryl methyl sites for hydroxylation is 1. The molecule has 2 aliphatic rings. The molecule has 1 saturated heterocycles. The van der Waals surface area contributed by atoms with Crippen LogP contribution in [-0.4, -0.2) is 41.2 Å². The van der Waals surface area contributed by atoms with Gasteiger partial charge in [-0.1, -0.05) is 30.5 Å². The van der Waals surface area contributed by atoms with E-state index >= 15 is 0 Å². The maximum Gasteiger partial charge on any atom is 0.329 e. The van der Waals surface area contributed by atoms with Crippen LogP contribution in [0.25, 0.3) is 0 Å². The van der Waals surface area contributed by atoms with E-state index in [0.717, 1.165) is 23.3 Å². The fraction of sp³-hybridized carbons (Fsp3) is 0.500. The van der Waals surface area contributed by atoms with E-state index in [4.69, 9.17) is 16.3 Å². The SMILES string of the molecule is Cc1ccc(NC(=O)COC(=O)[C@H](C)N2C(=O)[C@H]3CCCC[C@H]3C2=O)c(Cl)c1. The predicted octanol–water partition coefficient (Wildman–Crippen LogP) is 2.69. The van der Waals surface area contributed by atoms with Crippen molar-refractivity contribution >= 4 is 41.0 Å². The molecule has 3 atom stereocenters. The third kappa shape index (κ3) is 4.04. The molecule has 2 fully saturated rings. The summed E-state index contributed by atoms with van der Waals surface area (Å²) in [6, 6.07) is 4.10. The van der Waals surface area contributed by atoms with Crippen LogP contribution in [0.5, 0.6) is 0 Å². The minimum atomic E-state index is -1.05. The Kier molecular flexibility index (Phi) is 6.03. The monoisotopic (exact) mass is 406 g/mol. The number of carbonyl (C=O) groups is 4. The highest BCUT2D eigenvalue weighted by Gasteiger charge is 2.51. The number of amides is 3.